The Hall–Kier alpha value is -2.41. The van der Waals surface area contributed by atoms with Crippen molar-refractivity contribution < 1.29 is 14.4 Å². The molecule has 1 rings (SSSR count). The van der Waals surface area contributed by atoms with E-state index in [1.54, 1.807) is 7.05 Å². The van der Waals surface area contributed by atoms with E-state index in [2.05, 4.69) is 10.6 Å². The predicted octanol–water partition coefficient (Wildman–Crippen LogP) is 1.95. The van der Waals surface area contributed by atoms with Crippen molar-refractivity contribution in [3.8, 4) is 0 Å². The van der Waals surface area contributed by atoms with Crippen molar-refractivity contribution in [3.63, 3.8) is 0 Å². The maximum atomic E-state index is 13.2. The van der Waals surface area contributed by atoms with Crippen molar-refractivity contribution in [1.82, 2.24) is 15.5 Å². The van der Waals surface area contributed by atoms with E-state index in [1.165, 1.54) is 4.90 Å². The van der Waals surface area contributed by atoms with Crippen LogP contribution in [-0.4, -0.2) is 54.3 Å². The number of nitrogens with two attached hydrogens (primary N) is 1. The van der Waals surface area contributed by atoms with Gasteiger partial charge in [0.1, 0.15) is 12.1 Å². The molecule has 0 saturated carbocycles. The maximum Gasteiger partial charge on any atom is 0.245 e. The van der Waals surface area contributed by atoms with Gasteiger partial charge in [0, 0.05) is 13.6 Å². The largest absolute Gasteiger partial charge is 0.354 e. The van der Waals surface area contributed by atoms with E-state index in [-0.39, 0.29) is 35.5 Å². The van der Waals surface area contributed by atoms with Gasteiger partial charge in [-0.2, -0.15) is 0 Å². The number of nitrogens with one attached hydrogen (secondary N) is 2. The van der Waals surface area contributed by atoms with Gasteiger partial charge in [-0.25, -0.2) is 0 Å². The van der Waals surface area contributed by atoms with Gasteiger partial charge in [0.25, 0.3) is 0 Å². The molecule has 0 spiro atoms. The van der Waals surface area contributed by atoms with Gasteiger partial charge in [0.15, 0.2) is 0 Å². The van der Waals surface area contributed by atoms with Crippen LogP contribution >= 0.6 is 0 Å². The Morgan fingerprint density at radius 1 is 0.903 bits per heavy atom. The Bertz CT molecular complexity index is 719. The second-order valence-electron chi connectivity index (χ2n) is 9.16. The highest BCUT2D eigenvalue weighted by molar-refractivity contribution is 5.93. The Labute approximate surface area is 187 Å². The molecule has 1 aromatic carbocycles. The molecule has 31 heavy (non-hydrogen) atoms. The zero-order valence-electron chi connectivity index (χ0n) is 20.0. The Morgan fingerprint density at radius 3 is 1.97 bits per heavy atom. The molecule has 0 aliphatic heterocycles. The van der Waals surface area contributed by atoms with Crippen molar-refractivity contribution in [2.75, 3.05) is 13.6 Å². The van der Waals surface area contributed by atoms with Gasteiger partial charge in [-0.15, -0.1) is 0 Å². The van der Waals surface area contributed by atoms with Crippen LogP contribution in [-0.2, 0) is 20.8 Å². The molecule has 0 bridgehead atoms. The molecule has 3 amide bonds. The lowest BCUT2D eigenvalue weighted by Crippen LogP contribution is -2.59. The summed E-state index contributed by atoms with van der Waals surface area (Å²) >= 11 is 0. The van der Waals surface area contributed by atoms with E-state index in [1.807, 2.05) is 71.9 Å². The Balaban J connectivity index is 2.85. The highest BCUT2D eigenvalue weighted by Crippen LogP contribution is 2.15. The average Bonchev–Trinajstić information content (AvgIpc) is 2.70. The van der Waals surface area contributed by atoms with Gasteiger partial charge in [-0.3, -0.25) is 14.4 Å². The highest BCUT2D eigenvalue weighted by atomic mass is 16.2. The number of nitrogens with zero attached hydrogens (tertiary/aromatic N) is 1. The summed E-state index contributed by atoms with van der Waals surface area (Å²) in [5.74, 6) is -1.13. The molecule has 7 heteroatoms. The minimum absolute atomic E-state index is 0.0422. The average molecular weight is 433 g/mol. The van der Waals surface area contributed by atoms with Crippen LogP contribution in [0.2, 0.25) is 0 Å². The summed E-state index contributed by atoms with van der Waals surface area (Å²) in [4.78, 5) is 40.1. The number of hydrogen-bond acceptors (Lipinski definition) is 4. The van der Waals surface area contributed by atoms with Crippen LogP contribution in [0.5, 0.6) is 0 Å². The summed E-state index contributed by atoms with van der Waals surface area (Å²) in [6.07, 6.45) is 0.715. The van der Waals surface area contributed by atoms with Crippen LogP contribution < -0.4 is 16.4 Å². The minimum atomic E-state index is -0.749. The fourth-order valence-corrected chi connectivity index (χ4v) is 3.43. The zero-order valence-corrected chi connectivity index (χ0v) is 20.0. The van der Waals surface area contributed by atoms with E-state index < -0.39 is 18.1 Å². The van der Waals surface area contributed by atoms with Crippen LogP contribution in [0.1, 0.15) is 47.1 Å². The topological polar surface area (TPSA) is 105 Å². The van der Waals surface area contributed by atoms with Crippen molar-refractivity contribution in [3.05, 3.63) is 35.9 Å². The van der Waals surface area contributed by atoms with Crippen molar-refractivity contribution in [2.24, 2.45) is 23.5 Å². The molecule has 0 aliphatic rings. The van der Waals surface area contributed by atoms with Gasteiger partial charge in [0.05, 0.1) is 6.04 Å². The van der Waals surface area contributed by atoms with E-state index in [0.717, 1.165) is 5.56 Å². The molecule has 0 radical (unpaired) electrons. The van der Waals surface area contributed by atoms with Crippen molar-refractivity contribution in [2.45, 2.75) is 66.1 Å². The molecule has 7 nitrogen and oxygen atoms in total. The quantitative estimate of drug-likeness (QED) is 0.497. The van der Waals surface area contributed by atoms with Gasteiger partial charge in [-0.1, -0.05) is 71.9 Å². The number of carbonyl (C=O) groups is 3. The molecule has 3 atom stereocenters. The zero-order chi connectivity index (χ0) is 23.7. The third kappa shape index (κ3) is 7.98. The third-order valence-corrected chi connectivity index (χ3v) is 5.47. The van der Waals surface area contributed by atoms with E-state index in [9.17, 15) is 14.4 Å². The first kappa shape index (κ1) is 26.6. The van der Waals surface area contributed by atoms with Crippen LogP contribution in [0.4, 0.5) is 0 Å². The van der Waals surface area contributed by atoms with E-state index in [4.69, 9.17) is 5.73 Å². The predicted molar refractivity (Wildman–Crippen MR) is 124 cm³/mol. The van der Waals surface area contributed by atoms with Crippen molar-refractivity contribution in [1.29, 1.82) is 0 Å². The Morgan fingerprint density at radius 2 is 1.48 bits per heavy atom. The van der Waals surface area contributed by atoms with Crippen LogP contribution in [0.15, 0.2) is 30.3 Å². The lowest BCUT2D eigenvalue weighted by molar-refractivity contribution is -0.144. The number of benzene rings is 1. The fraction of sp³-hybridized carbons (Fsp3) is 0.625. The number of rotatable bonds is 11. The molecule has 0 unspecified atom stereocenters. The van der Waals surface area contributed by atoms with Gasteiger partial charge in [-0.05, 0) is 29.7 Å². The first-order chi connectivity index (χ1) is 14.5. The summed E-state index contributed by atoms with van der Waals surface area (Å²) < 4.78 is 0. The number of carbonyl (C=O) groups excluding carboxylic acids is 3. The second kappa shape index (κ2) is 12.4. The summed E-state index contributed by atoms with van der Waals surface area (Å²) in [5.41, 5.74) is 7.08. The van der Waals surface area contributed by atoms with Crippen LogP contribution in [0, 0.1) is 17.8 Å². The van der Waals surface area contributed by atoms with Crippen LogP contribution in [0.25, 0.3) is 0 Å². The van der Waals surface area contributed by atoms with E-state index >= 15 is 0 Å². The molecule has 1 aromatic rings. The minimum Gasteiger partial charge on any atom is -0.354 e. The molecule has 0 aliphatic carbocycles. The fourth-order valence-electron chi connectivity index (χ4n) is 3.43. The first-order valence-corrected chi connectivity index (χ1v) is 11.1. The summed E-state index contributed by atoms with van der Waals surface area (Å²) in [7, 11) is 1.62. The molecular weight excluding hydrogens is 392 g/mol. The smallest absolute Gasteiger partial charge is 0.245 e. The number of likely N-dealkylation sites (N-methyl/N-ethyl adjacent to an activating group) is 1. The Kier molecular flexibility index (Phi) is 10.7. The standard InChI is InChI=1S/C24H40N4O3/c1-15(2)19(25)22(29)27-20(16(3)4)24(31)28(7)21(17(5)6)23(30)26-14-13-18-11-9-8-10-12-18/h8-12,15-17,19-21H,13-14,25H2,1-7H3,(H,26,30)(H,27,29)/t19-,20-,21-/m0/s1. The number of hydrogen-bond donors (Lipinski definition) is 3. The summed E-state index contributed by atoms with van der Waals surface area (Å²) in [5, 5.41) is 5.74. The molecule has 0 heterocycles. The second-order valence-corrected chi connectivity index (χ2v) is 9.16. The lowest BCUT2D eigenvalue weighted by Gasteiger charge is -2.34. The van der Waals surface area contributed by atoms with Gasteiger partial charge in [0.2, 0.25) is 17.7 Å². The van der Waals surface area contributed by atoms with E-state index in [0.29, 0.717) is 13.0 Å². The first-order valence-electron chi connectivity index (χ1n) is 11.1. The van der Waals surface area contributed by atoms with Crippen LogP contribution in [0.3, 0.4) is 0 Å². The molecule has 0 saturated heterocycles. The highest BCUT2D eigenvalue weighted by Gasteiger charge is 2.35. The number of amides is 3. The molecule has 0 fully saturated rings. The third-order valence-electron chi connectivity index (χ3n) is 5.47. The summed E-state index contributed by atoms with van der Waals surface area (Å²) in [6, 6.07) is 7.83. The molecule has 4 N–H and O–H groups in total. The monoisotopic (exact) mass is 432 g/mol. The lowest BCUT2D eigenvalue weighted by atomic mass is 9.97. The van der Waals surface area contributed by atoms with Gasteiger partial charge >= 0.3 is 0 Å². The molecular formula is C24H40N4O3. The summed E-state index contributed by atoms with van der Waals surface area (Å²) in [6.45, 7) is 11.7. The van der Waals surface area contributed by atoms with Crippen molar-refractivity contribution >= 4 is 17.7 Å². The molecule has 0 aromatic heterocycles. The maximum absolute atomic E-state index is 13.2. The molecule has 174 valence electrons. The SMILES string of the molecule is CC(C)[C@H](N)C(=O)N[C@H](C(=O)N(C)[C@H](C(=O)NCCc1ccccc1)C(C)C)C(C)C. The van der Waals surface area contributed by atoms with Gasteiger partial charge < -0.3 is 21.3 Å². The normalized spacial score (nSPS) is 14.3.